The van der Waals surface area contributed by atoms with Crippen molar-refractivity contribution < 1.29 is 22.7 Å². The van der Waals surface area contributed by atoms with Crippen LogP contribution < -0.4 is 15.1 Å². The predicted octanol–water partition coefficient (Wildman–Crippen LogP) is 3.74. The van der Waals surface area contributed by atoms with Gasteiger partial charge in [-0.3, -0.25) is 4.79 Å². The summed E-state index contributed by atoms with van der Waals surface area (Å²) in [6.07, 6.45) is -2.39. The Hall–Kier alpha value is -3.25. The fraction of sp³-hybridized carbons (Fsp3) is 0.462. The number of piperazine rings is 1. The number of nitriles is 1. The maximum atomic E-state index is 13.4. The van der Waals surface area contributed by atoms with Crippen LogP contribution in [0.25, 0.3) is 0 Å². The number of benzene rings is 2. The molecule has 6 nitrogen and oxygen atoms in total. The molecule has 0 spiro atoms. The Bertz CT molecular complexity index is 1140. The fourth-order valence-electron chi connectivity index (χ4n) is 5.51. The van der Waals surface area contributed by atoms with E-state index in [1.54, 1.807) is 6.07 Å². The number of alkyl halides is 3. The van der Waals surface area contributed by atoms with Crippen molar-refractivity contribution in [2.75, 3.05) is 42.6 Å². The lowest BCUT2D eigenvalue weighted by Crippen LogP contribution is -2.61. The van der Waals surface area contributed by atoms with Crippen molar-refractivity contribution in [1.82, 2.24) is 5.32 Å². The zero-order valence-electron chi connectivity index (χ0n) is 19.2. The third-order valence-electron chi connectivity index (χ3n) is 7.27. The highest BCUT2D eigenvalue weighted by molar-refractivity contribution is 5.82. The monoisotopic (exact) mass is 484 g/mol. The van der Waals surface area contributed by atoms with Crippen LogP contribution in [0.15, 0.2) is 42.5 Å². The third kappa shape index (κ3) is 4.67. The van der Waals surface area contributed by atoms with Crippen molar-refractivity contribution in [3.05, 3.63) is 59.2 Å². The minimum atomic E-state index is -4.44. The fourth-order valence-corrected chi connectivity index (χ4v) is 5.51. The van der Waals surface area contributed by atoms with Crippen LogP contribution in [0.4, 0.5) is 24.5 Å². The SMILES string of the molecule is N#Cc1ccccc1N1CCN2c3ccc(C(F)(F)F)cc3C[C@H](C(=O)NC[C@@H]3CCCO3)[C@H]2C1. The van der Waals surface area contributed by atoms with Crippen molar-refractivity contribution in [3.8, 4) is 6.07 Å². The molecule has 3 aliphatic rings. The smallest absolute Gasteiger partial charge is 0.376 e. The van der Waals surface area contributed by atoms with Gasteiger partial charge in [0.25, 0.3) is 0 Å². The molecule has 0 bridgehead atoms. The zero-order valence-corrected chi connectivity index (χ0v) is 19.2. The first kappa shape index (κ1) is 23.5. The second-order valence-corrected chi connectivity index (χ2v) is 9.37. The molecular formula is C26H27F3N4O2. The van der Waals surface area contributed by atoms with Gasteiger partial charge in [0.1, 0.15) is 6.07 Å². The van der Waals surface area contributed by atoms with Crippen LogP contribution >= 0.6 is 0 Å². The van der Waals surface area contributed by atoms with Gasteiger partial charge in [-0.25, -0.2) is 0 Å². The molecule has 0 aromatic heterocycles. The summed E-state index contributed by atoms with van der Waals surface area (Å²) in [6.45, 7) is 2.72. The topological polar surface area (TPSA) is 68.6 Å². The Labute approximate surface area is 202 Å². The Morgan fingerprint density at radius 3 is 2.74 bits per heavy atom. The molecule has 2 fully saturated rings. The zero-order chi connectivity index (χ0) is 24.6. The predicted molar refractivity (Wildman–Crippen MR) is 125 cm³/mol. The molecule has 3 atom stereocenters. The van der Waals surface area contributed by atoms with Crippen molar-refractivity contribution in [1.29, 1.82) is 5.26 Å². The quantitative estimate of drug-likeness (QED) is 0.716. The van der Waals surface area contributed by atoms with E-state index in [9.17, 15) is 23.2 Å². The van der Waals surface area contributed by atoms with Gasteiger partial charge < -0.3 is 19.9 Å². The van der Waals surface area contributed by atoms with Gasteiger partial charge >= 0.3 is 6.18 Å². The second-order valence-electron chi connectivity index (χ2n) is 9.37. The molecule has 2 aromatic carbocycles. The normalized spacial score (nSPS) is 23.9. The number of carbonyl (C=O) groups excluding carboxylic acids is 1. The van der Waals surface area contributed by atoms with E-state index in [0.717, 1.165) is 30.3 Å². The summed E-state index contributed by atoms with van der Waals surface area (Å²) in [5.41, 5.74) is 1.96. The van der Waals surface area contributed by atoms with E-state index < -0.39 is 17.7 Å². The number of ether oxygens (including phenoxy) is 1. The number of anilines is 2. The molecule has 3 aliphatic heterocycles. The van der Waals surface area contributed by atoms with E-state index in [2.05, 4.69) is 21.2 Å². The van der Waals surface area contributed by atoms with Crippen molar-refractivity contribution in [2.24, 2.45) is 5.92 Å². The van der Waals surface area contributed by atoms with Crippen molar-refractivity contribution in [3.63, 3.8) is 0 Å². The highest BCUT2D eigenvalue weighted by atomic mass is 19.4. The number of halogens is 3. The molecular weight excluding hydrogens is 457 g/mol. The van der Waals surface area contributed by atoms with Gasteiger partial charge in [0, 0.05) is 38.5 Å². The van der Waals surface area contributed by atoms with E-state index in [4.69, 9.17) is 4.74 Å². The molecule has 1 N–H and O–H groups in total. The Morgan fingerprint density at radius 2 is 2.00 bits per heavy atom. The first-order valence-electron chi connectivity index (χ1n) is 12.0. The number of carbonyl (C=O) groups is 1. The van der Waals surface area contributed by atoms with Gasteiger partial charge in [-0.2, -0.15) is 18.4 Å². The van der Waals surface area contributed by atoms with Gasteiger partial charge in [0.05, 0.1) is 34.9 Å². The maximum Gasteiger partial charge on any atom is 0.416 e. The van der Waals surface area contributed by atoms with Gasteiger partial charge in [-0.15, -0.1) is 0 Å². The number of nitrogens with zero attached hydrogens (tertiary/aromatic N) is 3. The lowest BCUT2D eigenvalue weighted by molar-refractivity contribution is -0.137. The average molecular weight is 485 g/mol. The summed E-state index contributed by atoms with van der Waals surface area (Å²) in [5.74, 6) is -0.696. The molecule has 0 aliphatic carbocycles. The molecule has 9 heteroatoms. The molecule has 2 aromatic rings. The number of rotatable bonds is 4. The first-order chi connectivity index (χ1) is 16.8. The second kappa shape index (κ2) is 9.42. The lowest BCUT2D eigenvalue weighted by atomic mass is 9.82. The molecule has 1 amide bonds. The van der Waals surface area contributed by atoms with Crippen LogP contribution in [-0.2, 0) is 22.1 Å². The molecule has 5 rings (SSSR count). The average Bonchev–Trinajstić information content (AvgIpc) is 3.39. The molecule has 0 saturated carbocycles. The van der Waals surface area contributed by atoms with Gasteiger partial charge in [-0.05, 0) is 55.2 Å². The molecule has 2 saturated heterocycles. The van der Waals surface area contributed by atoms with E-state index in [1.807, 2.05) is 18.2 Å². The van der Waals surface area contributed by atoms with Gasteiger partial charge in [-0.1, -0.05) is 12.1 Å². The minimum Gasteiger partial charge on any atom is -0.376 e. The highest BCUT2D eigenvalue weighted by Crippen LogP contribution is 2.40. The Balaban J connectivity index is 1.45. The van der Waals surface area contributed by atoms with Crippen molar-refractivity contribution >= 4 is 17.3 Å². The number of hydrogen-bond donors (Lipinski definition) is 1. The van der Waals surface area contributed by atoms with Gasteiger partial charge in [0.2, 0.25) is 5.91 Å². The maximum absolute atomic E-state index is 13.4. The van der Waals surface area contributed by atoms with Crippen LogP contribution in [0, 0.1) is 17.2 Å². The first-order valence-corrected chi connectivity index (χ1v) is 12.0. The van der Waals surface area contributed by atoms with Crippen LogP contribution in [0.5, 0.6) is 0 Å². The number of amides is 1. The number of nitrogens with one attached hydrogen (secondary N) is 1. The number of hydrogen-bond acceptors (Lipinski definition) is 5. The van der Waals surface area contributed by atoms with E-state index >= 15 is 0 Å². The summed E-state index contributed by atoms with van der Waals surface area (Å²) < 4.78 is 45.9. The summed E-state index contributed by atoms with van der Waals surface area (Å²) in [7, 11) is 0. The minimum absolute atomic E-state index is 0.0203. The van der Waals surface area contributed by atoms with Crippen LogP contribution in [0.3, 0.4) is 0 Å². The molecule has 0 unspecified atom stereocenters. The summed E-state index contributed by atoms with van der Waals surface area (Å²) >= 11 is 0. The van der Waals surface area contributed by atoms with Crippen LogP contribution in [0.1, 0.15) is 29.5 Å². The Morgan fingerprint density at radius 1 is 1.17 bits per heavy atom. The molecule has 35 heavy (non-hydrogen) atoms. The van der Waals surface area contributed by atoms with E-state index in [1.165, 1.54) is 12.1 Å². The molecule has 3 heterocycles. The van der Waals surface area contributed by atoms with Crippen LogP contribution in [-0.4, -0.2) is 50.8 Å². The summed E-state index contributed by atoms with van der Waals surface area (Å²) in [4.78, 5) is 17.6. The number of fused-ring (bicyclic) bond motifs is 3. The van der Waals surface area contributed by atoms with Crippen molar-refractivity contribution in [2.45, 2.75) is 37.6 Å². The highest BCUT2D eigenvalue weighted by Gasteiger charge is 2.43. The van der Waals surface area contributed by atoms with Crippen LogP contribution in [0.2, 0.25) is 0 Å². The largest absolute Gasteiger partial charge is 0.416 e. The standard InChI is InChI=1S/C26H27F3N4O2/c27-26(28,29)19-7-8-23-18(12-19)13-21(25(34)31-15-20-5-3-11-35-20)24-16-32(9-10-33(23)24)22-6-2-1-4-17(22)14-30/h1-2,4,6-8,12,20-21,24H,3,5,9-11,13,15-16H2,(H,31,34)/t20-,21-,24+/m0/s1. The van der Waals surface area contributed by atoms with E-state index in [-0.39, 0.29) is 24.5 Å². The summed E-state index contributed by atoms with van der Waals surface area (Å²) in [6, 6.07) is 13.2. The van der Waals surface area contributed by atoms with Gasteiger partial charge in [0.15, 0.2) is 0 Å². The summed E-state index contributed by atoms with van der Waals surface area (Å²) in [5, 5.41) is 12.6. The Kier molecular flexibility index (Phi) is 6.32. The lowest BCUT2D eigenvalue weighted by Gasteiger charge is -2.50. The molecule has 0 radical (unpaired) electrons. The number of para-hydroxylation sites is 1. The third-order valence-corrected chi connectivity index (χ3v) is 7.27. The van der Waals surface area contributed by atoms with E-state index in [0.29, 0.717) is 43.9 Å². The molecule has 184 valence electrons.